The van der Waals surface area contributed by atoms with E-state index < -0.39 is 0 Å². The fourth-order valence-electron chi connectivity index (χ4n) is 1.82. The normalized spacial score (nSPS) is 16.8. The number of aromatic nitrogens is 1. The third-order valence-corrected chi connectivity index (χ3v) is 3.51. The summed E-state index contributed by atoms with van der Waals surface area (Å²) in [5.74, 6) is 1.19. The van der Waals surface area contributed by atoms with Gasteiger partial charge in [0, 0.05) is 12.0 Å². The van der Waals surface area contributed by atoms with Crippen molar-refractivity contribution in [3.63, 3.8) is 0 Å². The van der Waals surface area contributed by atoms with Crippen LogP contribution in [0.1, 0.15) is 39.5 Å². The number of anilines is 2. The Labute approximate surface area is 108 Å². The molecule has 1 unspecified atom stereocenters. The van der Waals surface area contributed by atoms with Gasteiger partial charge in [0.25, 0.3) is 0 Å². The highest BCUT2D eigenvalue weighted by molar-refractivity contribution is 5.92. The first kappa shape index (κ1) is 12.9. The summed E-state index contributed by atoms with van der Waals surface area (Å²) in [6.45, 7) is 4.25. The summed E-state index contributed by atoms with van der Waals surface area (Å²) in [7, 11) is 0. The van der Waals surface area contributed by atoms with Gasteiger partial charge in [0.2, 0.25) is 5.91 Å². The Morgan fingerprint density at radius 2 is 2.28 bits per heavy atom. The maximum absolute atomic E-state index is 11.7. The Morgan fingerprint density at radius 1 is 1.50 bits per heavy atom. The molecule has 4 heteroatoms. The summed E-state index contributed by atoms with van der Waals surface area (Å²) in [6.07, 6.45) is 5.98. The Bertz CT molecular complexity index is 398. The van der Waals surface area contributed by atoms with Crippen LogP contribution in [0.25, 0.3) is 0 Å². The van der Waals surface area contributed by atoms with Crippen molar-refractivity contribution in [2.24, 2.45) is 5.92 Å². The number of carbonyl (C=O) groups excluding carboxylic acids is 1. The van der Waals surface area contributed by atoms with Crippen molar-refractivity contribution in [3.8, 4) is 0 Å². The number of amides is 1. The molecule has 18 heavy (non-hydrogen) atoms. The van der Waals surface area contributed by atoms with Crippen LogP contribution in [-0.2, 0) is 4.79 Å². The largest absolute Gasteiger partial charge is 0.368 e. The molecule has 0 bridgehead atoms. The minimum absolute atomic E-state index is 0.130. The molecule has 0 spiro atoms. The Kier molecular flexibility index (Phi) is 4.18. The minimum atomic E-state index is 0.130. The lowest BCUT2D eigenvalue weighted by molar-refractivity contribution is -0.122. The highest BCUT2D eigenvalue weighted by atomic mass is 16.1. The highest BCUT2D eigenvalue weighted by Crippen LogP contribution is 2.27. The standard InChI is InChI=1S/C14H21N3O/c1-3-10(2)16-13-8-7-12(9-15-13)17-14(18)11-5-4-6-11/h7-11H,3-6H2,1-2H3,(H,15,16)(H,17,18). The fraction of sp³-hybridized carbons (Fsp3) is 0.571. The molecular formula is C14H21N3O. The van der Waals surface area contributed by atoms with Crippen molar-refractivity contribution in [2.45, 2.75) is 45.6 Å². The van der Waals surface area contributed by atoms with Crippen LogP contribution >= 0.6 is 0 Å². The first-order valence-corrected chi connectivity index (χ1v) is 6.72. The van der Waals surface area contributed by atoms with Crippen molar-refractivity contribution in [3.05, 3.63) is 18.3 Å². The van der Waals surface area contributed by atoms with Gasteiger partial charge in [0.1, 0.15) is 5.82 Å². The summed E-state index contributed by atoms with van der Waals surface area (Å²) in [5, 5.41) is 6.20. The number of pyridine rings is 1. The van der Waals surface area contributed by atoms with E-state index in [4.69, 9.17) is 0 Å². The molecule has 2 N–H and O–H groups in total. The van der Waals surface area contributed by atoms with Gasteiger partial charge in [-0.1, -0.05) is 13.3 Å². The number of nitrogens with one attached hydrogen (secondary N) is 2. The van der Waals surface area contributed by atoms with Crippen molar-refractivity contribution in [2.75, 3.05) is 10.6 Å². The topological polar surface area (TPSA) is 54.0 Å². The van der Waals surface area contributed by atoms with Gasteiger partial charge in [0.05, 0.1) is 11.9 Å². The first-order valence-electron chi connectivity index (χ1n) is 6.72. The maximum Gasteiger partial charge on any atom is 0.227 e. The zero-order valence-corrected chi connectivity index (χ0v) is 11.1. The van der Waals surface area contributed by atoms with Crippen LogP contribution in [0, 0.1) is 5.92 Å². The monoisotopic (exact) mass is 247 g/mol. The summed E-state index contributed by atoms with van der Waals surface area (Å²) in [4.78, 5) is 16.0. The van der Waals surface area contributed by atoms with Gasteiger partial charge in [-0.15, -0.1) is 0 Å². The molecule has 1 fully saturated rings. The van der Waals surface area contributed by atoms with Gasteiger partial charge in [-0.2, -0.15) is 0 Å². The third-order valence-electron chi connectivity index (χ3n) is 3.51. The van der Waals surface area contributed by atoms with E-state index in [1.54, 1.807) is 6.20 Å². The van der Waals surface area contributed by atoms with Gasteiger partial charge in [-0.3, -0.25) is 4.79 Å². The van der Waals surface area contributed by atoms with Crippen molar-refractivity contribution in [1.29, 1.82) is 0 Å². The highest BCUT2D eigenvalue weighted by Gasteiger charge is 2.25. The second-order valence-electron chi connectivity index (χ2n) is 5.00. The van der Waals surface area contributed by atoms with Crippen LogP contribution in [0.2, 0.25) is 0 Å². The summed E-state index contributed by atoms with van der Waals surface area (Å²) in [5.41, 5.74) is 0.779. The molecule has 0 aromatic carbocycles. The molecule has 1 saturated carbocycles. The van der Waals surface area contributed by atoms with Crippen molar-refractivity contribution >= 4 is 17.4 Å². The minimum Gasteiger partial charge on any atom is -0.368 e. The lowest BCUT2D eigenvalue weighted by atomic mass is 9.85. The van der Waals surface area contributed by atoms with E-state index in [1.165, 1.54) is 6.42 Å². The summed E-state index contributed by atoms with van der Waals surface area (Å²) < 4.78 is 0. The molecule has 4 nitrogen and oxygen atoms in total. The molecule has 1 heterocycles. The Hall–Kier alpha value is -1.58. The zero-order valence-electron chi connectivity index (χ0n) is 11.1. The molecule has 0 aliphatic heterocycles. The summed E-state index contributed by atoms with van der Waals surface area (Å²) >= 11 is 0. The third kappa shape index (κ3) is 3.22. The predicted molar refractivity (Wildman–Crippen MR) is 73.6 cm³/mol. The van der Waals surface area contributed by atoms with Crippen molar-refractivity contribution < 1.29 is 4.79 Å². The Balaban J connectivity index is 1.88. The quantitative estimate of drug-likeness (QED) is 0.841. The first-order chi connectivity index (χ1) is 8.69. The van der Waals surface area contributed by atoms with E-state index in [0.717, 1.165) is 30.8 Å². The van der Waals surface area contributed by atoms with E-state index in [0.29, 0.717) is 6.04 Å². The molecule has 1 atom stereocenters. The average Bonchev–Trinajstić information content (AvgIpc) is 2.29. The number of nitrogens with zero attached hydrogens (tertiary/aromatic N) is 1. The lowest BCUT2D eigenvalue weighted by Crippen LogP contribution is -2.28. The van der Waals surface area contributed by atoms with E-state index in [-0.39, 0.29) is 11.8 Å². The molecule has 0 saturated heterocycles. The van der Waals surface area contributed by atoms with Crippen LogP contribution < -0.4 is 10.6 Å². The van der Waals surface area contributed by atoms with Gasteiger partial charge >= 0.3 is 0 Å². The SMILES string of the molecule is CCC(C)Nc1ccc(NC(=O)C2CCC2)cn1. The number of carbonyl (C=O) groups is 1. The van der Waals surface area contributed by atoms with E-state index >= 15 is 0 Å². The van der Waals surface area contributed by atoms with Crippen LogP contribution in [0.4, 0.5) is 11.5 Å². The molecule has 1 aliphatic rings. The molecule has 1 aromatic rings. The van der Waals surface area contributed by atoms with Gasteiger partial charge in [-0.05, 0) is 38.3 Å². The van der Waals surface area contributed by atoms with Crippen LogP contribution in [-0.4, -0.2) is 16.9 Å². The lowest BCUT2D eigenvalue weighted by Gasteiger charge is -2.24. The van der Waals surface area contributed by atoms with Crippen molar-refractivity contribution in [1.82, 2.24) is 4.98 Å². The number of rotatable bonds is 5. The van der Waals surface area contributed by atoms with Crippen LogP contribution in [0.5, 0.6) is 0 Å². The summed E-state index contributed by atoms with van der Waals surface area (Å²) in [6, 6.07) is 4.21. The molecule has 98 valence electrons. The number of hydrogen-bond acceptors (Lipinski definition) is 3. The van der Waals surface area contributed by atoms with E-state index in [2.05, 4.69) is 29.5 Å². The zero-order chi connectivity index (χ0) is 13.0. The second-order valence-corrected chi connectivity index (χ2v) is 5.00. The van der Waals surface area contributed by atoms with E-state index in [1.807, 2.05) is 12.1 Å². The van der Waals surface area contributed by atoms with Crippen LogP contribution in [0.15, 0.2) is 18.3 Å². The van der Waals surface area contributed by atoms with Gasteiger partial charge in [-0.25, -0.2) is 4.98 Å². The fourth-order valence-corrected chi connectivity index (χ4v) is 1.82. The molecule has 1 amide bonds. The Morgan fingerprint density at radius 3 is 2.78 bits per heavy atom. The predicted octanol–water partition coefficient (Wildman–Crippen LogP) is 3.03. The molecule has 2 rings (SSSR count). The average molecular weight is 247 g/mol. The van der Waals surface area contributed by atoms with E-state index in [9.17, 15) is 4.79 Å². The molecule has 1 aliphatic carbocycles. The number of hydrogen-bond donors (Lipinski definition) is 2. The van der Waals surface area contributed by atoms with Gasteiger partial charge < -0.3 is 10.6 Å². The maximum atomic E-state index is 11.7. The molecule has 1 aromatic heterocycles. The molecular weight excluding hydrogens is 226 g/mol. The smallest absolute Gasteiger partial charge is 0.227 e. The second kappa shape index (κ2) is 5.85. The van der Waals surface area contributed by atoms with Crippen LogP contribution in [0.3, 0.4) is 0 Å². The van der Waals surface area contributed by atoms with Gasteiger partial charge in [0.15, 0.2) is 0 Å². The molecule has 0 radical (unpaired) electrons.